The molecule has 2 nitrogen and oxygen atoms in total. The molecule has 2 fully saturated rings. The molecule has 0 radical (unpaired) electrons. The second-order valence-electron chi connectivity index (χ2n) is 5.00. The van der Waals surface area contributed by atoms with E-state index in [1.165, 1.54) is 25.7 Å². The van der Waals surface area contributed by atoms with E-state index in [0.717, 1.165) is 19.5 Å². The maximum absolute atomic E-state index is 12.2. The van der Waals surface area contributed by atoms with Gasteiger partial charge in [0, 0.05) is 23.8 Å². The second-order valence-corrected chi connectivity index (χ2v) is 6.30. The van der Waals surface area contributed by atoms with Gasteiger partial charge >= 0.3 is 0 Å². The van der Waals surface area contributed by atoms with E-state index in [-0.39, 0.29) is 5.92 Å². The van der Waals surface area contributed by atoms with Crippen LogP contribution in [0.1, 0.15) is 39.0 Å². The van der Waals surface area contributed by atoms with Gasteiger partial charge in [0.1, 0.15) is 0 Å². The molecule has 0 spiro atoms. The Labute approximate surface area is 101 Å². The first-order chi connectivity index (χ1) is 7.18. The maximum atomic E-state index is 12.2. The lowest BCUT2D eigenvalue weighted by atomic mass is 9.76. The van der Waals surface area contributed by atoms with E-state index in [1.54, 1.807) is 0 Å². The minimum Gasteiger partial charge on any atom is -0.341 e. The van der Waals surface area contributed by atoms with Gasteiger partial charge < -0.3 is 4.90 Å². The number of hydrogen-bond donors (Lipinski definition) is 0. The summed E-state index contributed by atoms with van der Waals surface area (Å²) in [5.74, 6) is 1.33. The number of amides is 1. The van der Waals surface area contributed by atoms with Crippen LogP contribution < -0.4 is 0 Å². The lowest BCUT2D eigenvalue weighted by molar-refractivity contribution is -0.138. The normalized spacial score (nSPS) is 29.7. The van der Waals surface area contributed by atoms with Gasteiger partial charge in [-0.25, -0.2) is 0 Å². The van der Waals surface area contributed by atoms with E-state index in [9.17, 15) is 4.79 Å². The highest BCUT2D eigenvalue weighted by Crippen LogP contribution is 2.34. The highest BCUT2D eigenvalue weighted by Gasteiger charge is 2.33. The minimum atomic E-state index is 0.261. The molecule has 86 valence electrons. The average molecular weight is 274 g/mol. The van der Waals surface area contributed by atoms with Gasteiger partial charge in [-0.3, -0.25) is 4.79 Å². The van der Waals surface area contributed by atoms with E-state index in [2.05, 4.69) is 27.8 Å². The summed E-state index contributed by atoms with van der Waals surface area (Å²) in [6.07, 6.45) is 6.21. The number of hydrogen-bond acceptors (Lipinski definition) is 1. The Kier molecular flexibility index (Phi) is 3.70. The van der Waals surface area contributed by atoms with Gasteiger partial charge in [-0.2, -0.15) is 0 Å². The molecule has 3 heteroatoms. The molecule has 0 aromatic heterocycles. The average Bonchev–Trinajstić information content (AvgIpc) is 2.14. The molecule has 15 heavy (non-hydrogen) atoms. The van der Waals surface area contributed by atoms with E-state index in [4.69, 9.17) is 0 Å². The van der Waals surface area contributed by atoms with Crippen LogP contribution in [0.15, 0.2) is 0 Å². The zero-order chi connectivity index (χ0) is 10.8. The quantitative estimate of drug-likeness (QED) is 0.709. The molecule has 0 bridgehead atoms. The molecule has 0 aromatic rings. The molecular weight excluding hydrogens is 254 g/mol. The summed E-state index contributed by atoms with van der Waals surface area (Å²) >= 11 is 3.62. The van der Waals surface area contributed by atoms with Crippen LogP contribution in [0.25, 0.3) is 0 Å². The third-order valence-corrected chi connectivity index (χ3v) is 4.67. The van der Waals surface area contributed by atoms with E-state index in [1.807, 2.05) is 0 Å². The van der Waals surface area contributed by atoms with Crippen molar-refractivity contribution in [2.75, 3.05) is 13.1 Å². The Balaban J connectivity index is 1.88. The molecule has 0 aromatic carbocycles. The molecule has 1 aliphatic heterocycles. The van der Waals surface area contributed by atoms with Crippen molar-refractivity contribution in [3.63, 3.8) is 0 Å². The van der Waals surface area contributed by atoms with Crippen LogP contribution >= 0.6 is 15.9 Å². The lowest BCUT2D eigenvalue weighted by Crippen LogP contribution is -2.45. The van der Waals surface area contributed by atoms with Gasteiger partial charge in [-0.15, -0.1) is 0 Å². The Morgan fingerprint density at radius 1 is 1.33 bits per heavy atom. The zero-order valence-electron chi connectivity index (χ0n) is 9.42. The van der Waals surface area contributed by atoms with Crippen molar-refractivity contribution in [1.29, 1.82) is 0 Å². The molecule has 2 atom stereocenters. The monoisotopic (exact) mass is 273 g/mol. The van der Waals surface area contributed by atoms with Crippen LogP contribution in [-0.2, 0) is 4.79 Å². The van der Waals surface area contributed by atoms with Crippen LogP contribution in [0.3, 0.4) is 0 Å². The number of carbonyl (C=O) groups excluding carboxylic acids is 1. The Hall–Kier alpha value is -0.0500. The molecular formula is C12H20BrNO. The lowest BCUT2D eigenvalue weighted by Gasteiger charge is -2.37. The maximum Gasteiger partial charge on any atom is 0.225 e. The summed E-state index contributed by atoms with van der Waals surface area (Å²) in [7, 11) is 0. The van der Waals surface area contributed by atoms with Crippen molar-refractivity contribution in [1.82, 2.24) is 4.90 Å². The third-order valence-electron chi connectivity index (χ3n) is 3.92. The summed E-state index contributed by atoms with van der Waals surface area (Å²) in [4.78, 5) is 14.8. The molecule has 2 rings (SSSR count). The third kappa shape index (κ3) is 2.55. The van der Waals surface area contributed by atoms with Gasteiger partial charge in [0.15, 0.2) is 0 Å². The molecule has 1 saturated heterocycles. The Morgan fingerprint density at radius 3 is 2.60 bits per heavy atom. The Bertz CT molecular complexity index is 240. The number of piperidine rings is 1. The van der Waals surface area contributed by atoms with Crippen LogP contribution in [0, 0.1) is 11.8 Å². The standard InChI is InChI=1S/C12H20BrNO/c1-9(10-4-2-5-10)12(15)14-7-3-6-11(13)8-14/h9-11H,2-8H2,1H3. The van der Waals surface area contributed by atoms with E-state index in [0.29, 0.717) is 16.7 Å². The summed E-state index contributed by atoms with van der Waals surface area (Å²) in [6.45, 7) is 4.00. The Morgan fingerprint density at radius 2 is 2.07 bits per heavy atom. The number of rotatable bonds is 2. The predicted molar refractivity (Wildman–Crippen MR) is 65.0 cm³/mol. The molecule has 1 amide bonds. The zero-order valence-corrected chi connectivity index (χ0v) is 11.0. The van der Waals surface area contributed by atoms with Crippen molar-refractivity contribution in [3.8, 4) is 0 Å². The SMILES string of the molecule is CC(C(=O)N1CCCC(Br)C1)C1CCC1. The van der Waals surface area contributed by atoms with Crippen LogP contribution in [-0.4, -0.2) is 28.7 Å². The van der Waals surface area contributed by atoms with Gasteiger partial charge in [-0.1, -0.05) is 29.3 Å². The van der Waals surface area contributed by atoms with Gasteiger partial charge in [0.25, 0.3) is 0 Å². The number of likely N-dealkylation sites (tertiary alicyclic amines) is 1. The second kappa shape index (κ2) is 4.86. The molecule has 2 unspecified atom stereocenters. The van der Waals surface area contributed by atoms with Crippen molar-refractivity contribution >= 4 is 21.8 Å². The highest BCUT2D eigenvalue weighted by molar-refractivity contribution is 9.09. The summed E-state index contributed by atoms with van der Waals surface area (Å²) in [6, 6.07) is 0. The van der Waals surface area contributed by atoms with Crippen LogP contribution in [0.5, 0.6) is 0 Å². The topological polar surface area (TPSA) is 20.3 Å². The minimum absolute atomic E-state index is 0.261. The molecule has 0 N–H and O–H groups in total. The summed E-state index contributed by atoms with van der Waals surface area (Å²) < 4.78 is 0. The number of halogens is 1. The van der Waals surface area contributed by atoms with Crippen molar-refractivity contribution in [2.45, 2.75) is 43.9 Å². The number of nitrogens with zero attached hydrogens (tertiary/aromatic N) is 1. The van der Waals surface area contributed by atoms with Crippen molar-refractivity contribution in [3.05, 3.63) is 0 Å². The largest absolute Gasteiger partial charge is 0.341 e. The van der Waals surface area contributed by atoms with Gasteiger partial charge in [-0.05, 0) is 31.6 Å². The molecule has 2 aliphatic rings. The van der Waals surface area contributed by atoms with Gasteiger partial charge in [0.05, 0.1) is 0 Å². The predicted octanol–water partition coefficient (Wildman–Crippen LogP) is 2.81. The first kappa shape index (κ1) is 11.4. The number of alkyl halides is 1. The summed E-state index contributed by atoms with van der Waals surface area (Å²) in [5, 5.41) is 0. The smallest absolute Gasteiger partial charge is 0.225 e. The summed E-state index contributed by atoms with van der Waals surface area (Å²) in [5.41, 5.74) is 0. The van der Waals surface area contributed by atoms with Gasteiger partial charge in [0.2, 0.25) is 5.91 Å². The first-order valence-corrected chi connectivity index (χ1v) is 7.03. The van der Waals surface area contributed by atoms with E-state index >= 15 is 0 Å². The molecule has 1 aliphatic carbocycles. The molecule has 1 saturated carbocycles. The fraction of sp³-hybridized carbons (Fsp3) is 0.917. The van der Waals surface area contributed by atoms with Crippen LogP contribution in [0.2, 0.25) is 0 Å². The fourth-order valence-corrected chi connectivity index (χ4v) is 3.23. The van der Waals surface area contributed by atoms with E-state index < -0.39 is 0 Å². The van der Waals surface area contributed by atoms with Crippen LogP contribution in [0.4, 0.5) is 0 Å². The fourth-order valence-electron chi connectivity index (χ4n) is 2.55. The first-order valence-electron chi connectivity index (χ1n) is 6.11. The van der Waals surface area contributed by atoms with Crippen molar-refractivity contribution < 1.29 is 4.79 Å². The highest BCUT2D eigenvalue weighted by atomic mass is 79.9. The molecule has 1 heterocycles. The van der Waals surface area contributed by atoms with Crippen molar-refractivity contribution in [2.24, 2.45) is 11.8 Å². The number of carbonyl (C=O) groups is 1.